The fraction of sp³-hybridized carbons (Fsp3) is 0.412. The highest BCUT2D eigenvalue weighted by Gasteiger charge is 2.29. The predicted molar refractivity (Wildman–Crippen MR) is 96.8 cm³/mol. The van der Waals surface area contributed by atoms with E-state index in [9.17, 15) is 9.50 Å². The van der Waals surface area contributed by atoms with Gasteiger partial charge in [0.2, 0.25) is 0 Å². The molecule has 0 aliphatic carbocycles. The third kappa shape index (κ3) is 3.09. The van der Waals surface area contributed by atoms with Crippen molar-refractivity contribution in [3.05, 3.63) is 40.6 Å². The number of aromatic nitrogens is 2. The van der Waals surface area contributed by atoms with E-state index in [1.54, 1.807) is 26.1 Å². The van der Waals surface area contributed by atoms with Gasteiger partial charge >= 0.3 is 0 Å². The van der Waals surface area contributed by atoms with Crippen LogP contribution in [0.3, 0.4) is 0 Å². The second-order valence-corrected chi connectivity index (χ2v) is 7.36. The van der Waals surface area contributed by atoms with Gasteiger partial charge in [0.05, 0.1) is 10.5 Å². The smallest absolute Gasteiger partial charge is 0.193 e. The quantitative estimate of drug-likeness (QED) is 0.780. The lowest BCUT2D eigenvalue weighted by molar-refractivity contribution is 0.0641. The number of nitrogens with two attached hydrogens (primary N) is 1. The molecule has 0 fully saturated rings. The number of fused-ring (bicyclic) bond motifs is 1. The molecule has 4 N–H and O–H groups in total. The van der Waals surface area contributed by atoms with E-state index in [0.29, 0.717) is 21.9 Å². The van der Waals surface area contributed by atoms with Gasteiger partial charge in [0, 0.05) is 12.2 Å². The molecule has 1 unspecified atom stereocenters. The molecular weight excluding hydrogens is 345 g/mol. The first-order valence-corrected chi connectivity index (χ1v) is 8.37. The molecule has 1 aliphatic heterocycles. The Morgan fingerprint density at radius 3 is 2.68 bits per heavy atom. The van der Waals surface area contributed by atoms with E-state index in [1.807, 2.05) is 18.4 Å². The number of hydrogen-bond donors (Lipinski definition) is 3. The van der Waals surface area contributed by atoms with Crippen LogP contribution >= 0.6 is 11.6 Å². The molecule has 8 heteroatoms. The van der Waals surface area contributed by atoms with Gasteiger partial charge < -0.3 is 20.7 Å². The number of halogens is 2. The molecule has 0 saturated heterocycles. The van der Waals surface area contributed by atoms with E-state index in [2.05, 4.69) is 15.3 Å². The van der Waals surface area contributed by atoms with E-state index in [0.717, 1.165) is 0 Å². The van der Waals surface area contributed by atoms with Crippen molar-refractivity contribution in [3.63, 3.8) is 0 Å². The lowest BCUT2D eigenvalue weighted by Gasteiger charge is -2.22. The number of nitrogens with one attached hydrogen (secondary N) is 1. The molecule has 1 atom stereocenters. The number of imidazole rings is 1. The fourth-order valence-corrected chi connectivity index (χ4v) is 3.21. The monoisotopic (exact) mass is 365 g/mol. The molecule has 0 bridgehead atoms. The Balaban J connectivity index is 2.27. The minimum absolute atomic E-state index is 0.0197. The molecule has 0 radical (unpaired) electrons. The van der Waals surface area contributed by atoms with Crippen molar-refractivity contribution in [2.75, 3.05) is 0 Å². The van der Waals surface area contributed by atoms with E-state index >= 15 is 0 Å². The fourth-order valence-electron chi connectivity index (χ4n) is 2.98. The molecule has 1 aliphatic rings. The second kappa shape index (κ2) is 6.00. The van der Waals surface area contributed by atoms with Gasteiger partial charge in [-0.05, 0) is 45.4 Å². The minimum Gasteiger partial charge on any atom is -0.383 e. The van der Waals surface area contributed by atoms with Crippen molar-refractivity contribution in [1.82, 2.24) is 14.9 Å². The average molecular weight is 366 g/mol. The molecule has 2 heterocycles. The molecular formula is C17H21ClFN5O. The molecule has 0 spiro atoms. The van der Waals surface area contributed by atoms with E-state index in [1.165, 1.54) is 6.07 Å². The SMILES string of the molecule is CC(C)n1c(C(C)(C)O)nc2c(F)cc(C3N=C(N)NC=C3Cl)cc21. The third-order valence-electron chi connectivity index (χ3n) is 4.04. The van der Waals surface area contributed by atoms with Gasteiger partial charge in [-0.15, -0.1) is 0 Å². The van der Waals surface area contributed by atoms with Crippen LogP contribution in [-0.4, -0.2) is 20.6 Å². The summed E-state index contributed by atoms with van der Waals surface area (Å²) in [5.74, 6) is 0.127. The van der Waals surface area contributed by atoms with Crippen LogP contribution in [0.5, 0.6) is 0 Å². The maximum atomic E-state index is 14.8. The van der Waals surface area contributed by atoms with Crippen molar-refractivity contribution >= 4 is 28.6 Å². The molecule has 2 aromatic rings. The Labute approximate surface area is 150 Å². The number of aliphatic hydroxyl groups is 1. The minimum atomic E-state index is -1.20. The number of guanidine groups is 1. The zero-order chi connectivity index (χ0) is 18.5. The zero-order valence-corrected chi connectivity index (χ0v) is 15.3. The van der Waals surface area contributed by atoms with Gasteiger partial charge in [0.1, 0.15) is 23.0 Å². The first-order chi connectivity index (χ1) is 11.6. The lowest BCUT2D eigenvalue weighted by Crippen LogP contribution is -2.31. The first kappa shape index (κ1) is 17.7. The molecule has 0 saturated carbocycles. The molecule has 1 aromatic carbocycles. The maximum Gasteiger partial charge on any atom is 0.193 e. The van der Waals surface area contributed by atoms with Crippen LogP contribution in [0.15, 0.2) is 28.4 Å². The van der Waals surface area contributed by atoms with Crippen molar-refractivity contribution < 1.29 is 9.50 Å². The summed E-state index contributed by atoms with van der Waals surface area (Å²) in [4.78, 5) is 8.59. The van der Waals surface area contributed by atoms with Gasteiger partial charge in [-0.3, -0.25) is 0 Å². The third-order valence-corrected chi connectivity index (χ3v) is 4.35. The number of nitrogens with zero attached hydrogens (tertiary/aromatic N) is 3. The molecule has 6 nitrogen and oxygen atoms in total. The van der Waals surface area contributed by atoms with Gasteiger partial charge in [-0.1, -0.05) is 11.6 Å². The highest BCUT2D eigenvalue weighted by atomic mass is 35.5. The Morgan fingerprint density at radius 1 is 1.40 bits per heavy atom. The van der Waals surface area contributed by atoms with Gasteiger partial charge in [-0.2, -0.15) is 0 Å². The topological polar surface area (TPSA) is 88.5 Å². The Morgan fingerprint density at radius 2 is 2.08 bits per heavy atom. The summed E-state index contributed by atoms with van der Waals surface area (Å²) in [6, 6.07) is 2.55. The van der Waals surface area contributed by atoms with E-state index in [-0.39, 0.29) is 17.5 Å². The summed E-state index contributed by atoms with van der Waals surface area (Å²) in [5, 5.41) is 13.6. The van der Waals surface area contributed by atoms with Crippen LogP contribution in [0.25, 0.3) is 11.0 Å². The molecule has 3 rings (SSSR count). The highest BCUT2D eigenvalue weighted by Crippen LogP contribution is 2.35. The van der Waals surface area contributed by atoms with Crippen LogP contribution in [0.2, 0.25) is 0 Å². The van der Waals surface area contributed by atoms with Crippen molar-refractivity contribution in [3.8, 4) is 0 Å². The van der Waals surface area contributed by atoms with Gasteiger partial charge in [0.15, 0.2) is 11.8 Å². The predicted octanol–water partition coefficient (Wildman–Crippen LogP) is 3.02. The van der Waals surface area contributed by atoms with E-state index < -0.39 is 17.5 Å². The number of rotatable bonds is 3. The Bertz CT molecular complexity index is 895. The second-order valence-electron chi connectivity index (χ2n) is 6.92. The molecule has 134 valence electrons. The number of benzene rings is 1. The zero-order valence-electron chi connectivity index (χ0n) is 14.5. The molecule has 25 heavy (non-hydrogen) atoms. The van der Waals surface area contributed by atoms with Crippen LogP contribution in [0, 0.1) is 5.82 Å². The molecule has 0 amide bonds. The normalized spacial score (nSPS) is 18.3. The summed E-state index contributed by atoms with van der Waals surface area (Å²) >= 11 is 6.22. The largest absolute Gasteiger partial charge is 0.383 e. The summed E-state index contributed by atoms with van der Waals surface area (Å²) in [7, 11) is 0. The maximum absolute atomic E-state index is 14.8. The van der Waals surface area contributed by atoms with Crippen LogP contribution in [0.4, 0.5) is 4.39 Å². The van der Waals surface area contributed by atoms with Gasteiger partial charge in [-0.25, -0.2) is 14.4 Å². The Hall–Kier alpha value is -2.12. The van der Waals surface area contributed by atoms with Crippen LogP contribution < -0.4 is 11.1 Å². The van der Waals surface area contributed by atoms with Crippen molar-refractivity contribution in [2.24, 2.45) is 10.7 Å². The van der Waals surface area contributed by atoms with Crippen molar-refractivity contribution in [1.29, 1.82) is 0 Å². The summed E-state index contributed by atoms with van der Waals surface area (Å²) in [6.07, 6.45) is 1.54. The van der Waals surface area contributed by atoms with Crippen LogP contribution in [-0.2, 0) is 5.60 Å². The number of aliphatic imine (C=N–C) groups is 1. The molecule has 1 aromatic heterocycles. The Kier molecular flexibility index (Phi) is 4.25. The standard InChI is InChI=1S/C17H21ClFN5O/c1-8(2)24-12-6-9(13-10(18)7-21-16(20)23-13)5-11(19)14(12)22-15(24)17(3,4)25/h5-8,13,25H,1-4H3,(H3,20,21,23). The van der Waals surface area contributed by atoms with Crippen molar-refractivity contribution in [2.45, 2.75) is 45.4 Å². The first-order valence-electron chi connectivity index (χ1n) is 7.99. The summed E-state index contributed by atoms with van der Waals surface area (Å²) in [6.45, 7) is 7.16. The van der Waals surface area contributed by atoms with Gasteiger partial charge in [0.25, 0.3) is 0 Å². The summed E-state index contributed by atoms with van der Waals surface area (Å²) < 4.78 is 16.6. The average Bonchev–Trinajstić information content (AvgIpc) is 2.90. The van der Waals surface area contributed by atoms with E-state index in [4.69, 9.17) is 17.3 Å². The summed E-state index contributed by atoms with van der Waals surface area (Å²) in [5.41, 5.74) is 5.86. The van der Waals surface area contributed by atoms with Crippen LogP contribution in [0.1, 0.15) is 51.2 Å². The lowest BCUT2D eigenvalue weighted by atomic mass is 10.0. The highest BCUT2D eigenvalue weighted by molar-refractivity contribution is 6.30. The number of hydrogen-bond acceptors (Lipinski definition) is 5.